The molecule has 6 fully saturated rings. The van der Waals surface area contributed by atoms with Gasteiger partial charge in [-0.25, -0.2) is 0 Å². The summed E-state index contributed by atoms with van der Waals surface area (Å²) in [5.41, 5.74) is -2.66. The van der Waals surface area contributed by atoms with E-state index in [1.54, 1.807) is 9.80 Å². The van der Waals surface area contributed by atoms with Gasteiger partial charge in [-0.05, 0) is 129 Å². The third kappa shape index (κ3) is 6.32. The number of nitrogens with zero attached hydrogens (tertiary/aromatic N) is 3. The van der Waals surface area contributed by atoms with Gasteiger partial charge in [0.1, 0.15) is 0 Å². The van der Waals surface area contributed by atoms with E-state index in [0.29, 0.717) is 69.2 Å². The highest BCUT2D eigenvalue weighted by Gasteiger charge is 2.61. The van der Waals surface area contributed by atoms with Crippen molar-refractivity contribution in [3.8, 4) is 0 Å². The number of amides is 1. The van der Waals surface area contributed by atoms with Gasteiger partial charge in [0.05, 0.1) is 29.4 Å². The van der Waals surface area contributed by atoms with Crippen LogP contribution in [0.3, 0.4) is 0 Å². The van der Waals surface area contributed by atoms with Crippen molar-refractivity contribution in [2.45, 2.75) is 121 Å². The predicted molar refractivity (Wildman–Crippen MR) is 171 cm³/mol. The van der Waals surface area contributed by atoms with Gasteiger partial charge in [-0.15, -0.1) is 0 Å². The van der Waals surface area contributed by atoms with E-state index in [1.807, 2.05) is 0 Å². The molecular formula is C37H51F6N3O3. The first kappa shape index (κ1) is 35.5. The molecule has 3 unspecified atom stereocenters. The number of alkyl halides is 6. The minimum atomic E-state index is -4.92. The van der Waals surface area contributed by atoms with Crippen molar-refractivity contribution in [1.29, 1.82) is 0 Å². The molecular weight excluding hydrogens is 648 g/mol. The van der Waals surface area contributed by atoms with E-state index in [4.69, 9.17) is 0 Å². The topological polar surface area (TPSA) is 67.2 Å². The molecule has 2 saturated heterocycles. The van der Waals surface area contributed by atoms with Gasteiger partial charge in [0.15, 0.2) is 0 Å². The van der Waals surface area contributed by atoms with Crippen molar-refractivity contribution in [1.82, 2.24) is 14.7 Å². The molecule has 0 aromatic heterocycles. The van der Waals surface area contributed by atoms with Crippen molar-refractivity contribution in [2.24, 2.45) is 34.5 Å². The van der Waals surface area contributed by atoms with E-state index < -0.39 is 35.6 Å². The molecule has 1 aromatic rings. The number of aliphatic hydroxyl groups is 2. The summed E-state index contributed by atoms with van der Waals surface area (Å²) in [6.45, 7) is 7.18. The maximum atomic E-state index is 13.8. The normalized spacial score (nSPS) is 40.6. The van der Waals surface area contributed by atoms with Crippen LogP contribution in [-0.2, 0) is 23.7 Å². The second kappa shape index (κ2) is 12.7. The Hall–Kier alpha value is -1.89. The van der Waals surface area contributed by atoms with Crippen LogP contribution >= 0.6 is 0 Å². The first-order valence-electron chi connectivity index (χ1n) is 18.4. The molecule has 12 heteroatoms. The molecule has 1 amide bonds. The van der Waals surface area contributed by atoms with Gasteiger partial charge in [-0.3, -0.25) is 14.6 Å². The molecule has 274 valence electrons. The SMILES string of the molecule is C[C@]12CCC3C(CC[C@H]4C[C@H](O)[C@@H](N5CCN(C(=O)[C@@H]6CCCN6Cc6cc(C(F)(F)F)cc(C(F)(F)F)c6)CC5)C[C@]34C)C1CC[C@@H]2O. The number of likely N-dealkylation sites (tertiary alicyclic amines) is 1. The Bertz CT molecular complexity index is 1370. The molecule has 0 radical (unpaired) electrons. The van der Waals surface area contributed by atoms with Gasteiger partial charge in [-0.1, -0.05) is 13.8 Å². The molecule has 4 saturated carbocycles. The highest BCUT2D eigenvalue weighted by atomic mass is 19.4. The number of carbonyl (C=O) groups excluding carboxylic acids is 1. The van der Waals surface area contributed by atoms with E-state index in [9.17, 15) is 41.4 Å². The minimum absolute atomic E-state index is 0.00597. The van der Waals surface area contributed by atoms with E-state index in [-0.39, 0.29) is 47.1 Å². The number of carbonyl (C=O) groups is 1. The van der Waals surface area contributed by atoms with Crippen molar-refractivity contribution < 1.29 is 41.4 Å². The fraction of sp³-hybridized carbons (Fsp3) is 0.811. The lowest BCUT2D eigenvalue weighted by molar-refractivity contribution is -0.157. The summed E-state index contributed by atoms with van der Waals surface area (Å²) in [5.74, 6) is 2.12. The number of hydrogen-bond acceptors (Lipinski definition) is 5. The lowest BCUT2D eigenvalue weighted by atomic mass is 9.44. The Labute approximate surface area is 285 Å². The van der Waals surface area contributed by atoms with Crippen molar-refractivity contribution in [2.75, 3.05) is 32.7 Å². The molecule has 7 rings (SSSR count). The molecule has 10 atom stereocenters. The van der Waals surface area contributed by atoms with Crippen LogP contribution in [0.4, 0.5) is 26.3 Å². The van der Waals surface area contributed by atoms with E-state index in [1.165, 1.54) is 6.42 Å². The van der Waals surface area contributed by atoms with Crippen LogP contribution < -0.4 is 0 Å². The van der Waals surface area contributed by atoms with Gasteiger partial charge < -0.3 is 15.1 Å². The summed E-state index contributed by atoms with van der Waals surface area (Å²) >= 11 is 0. The van der Waals surface area contributed by atoms with Gasteiger partial charge in [0, 0.05) is 38.8 Å². The zero-order valence-corrected chi connectivity index (χ0v) is 28.6. The molecule has 6 nitrogen and oxygen atoms in total. The summed E-state index contributed by atoms with van der Waals surface area (Å²) in [4.78, 5) is 19.6. The first-order valence-corrected chi connectivity index (χ1v) is 18.4. The Morgan fingerprint density at radius 3 is 2.12 bits per heavy atom. The summed E-state index contributed by atoms with van der Waals surface area (Å²) in [5, 5.41) is 22.3. The Morgan fingerprint density at radius 1 is 0.816 bits per heavy atom. The number of rotatable bonds is 4. The van der Waals surface area contributed by atoms with Crippen LogP contribution in [-0.4, -0.2) is 87.8 Å². The fourth-order valence-corrected chi connectivity index (χ4v) is 11.7. The maximum Gasteiger partial charge on any atom is 0.416 e. The fourth-order valence-electron chi connectivity index (χ4n) is 11.7. The van der Waals surface area contributed by atoms with Crippen LogP contribution in [0.1, 0.15) is 94.7 Å². The lowest BCUT2D eigenvalue weighted by Gasteiger charge is -2.62. The zero-order valence-electron chi connectivity index (χ0n) is 28.6. The largest absolute Gasteiger partial charge is 0.416 e. The molecule has 4 aliphatic carbocycles. The zero-order chi connectivity index (χ0) is 35.1. The summed E-state index contributed by atoms with van der Waals surface area (Å²) in [6, 6.07) is 1.06. The quantitative estimate of drug-likeness (QED) is 0.348. The maximum absolute atomic E-state index is 13.8. The average molecular weight is 700 g/mol. The number of fused-ring (bicyclic) bond motifs is 5. The van der Waals surface area contributed by atoms with Crippen LogP contribution in [0.5, 0.6) is 0 Å². The second-order valence-corrected chi connectivity index (χ2v) is 16.8. The summed E-state index contributed by atoms with van der Waals surface area (Å²) in [6.07, 6.45) is -1.12. The number of aliphatic hydroxyl groups excluding tert-OH is 2. The Morgan fingerprint density at radius 2 is 1.47 bits per heavy atom. The number of halogens is 6. The third-order valence-electron chi connectivity index (χ3n) is 14.4. The molecule has 0 bridgehead atoms. The van der Waals surface area contributed by atoms with Gasteiger partial charge in [-0.2, -0.15) is 26.3 Å². The minimum Gasteiger partial charge on any atom is -0.393 e. The van der Waals surface area contributed by atoms with Gasteiger partial charge in [0.25, 0.3) is 0 Å². The van der Waals surface area contributed by atoms with E-state index >= 15 is 0 Å². The van der Waals surface area contributed by atoms with E-state index in [0.717, 1.165) is 57.1 Å². The molecule has 2 aliphatic heterocycles. The van der Waals surface area contributed by atoms with Crippen LogP contribution in [0.2, 0.25) is 0 Å². The van der Waals surface area contributed by atoms with Crippen molar-refractivity contribution in [3.05, 3.63) is 34.9 Å². The molecule has 6 aliphatic rings. The van der Waals surface area contributed by atoms with E-state index in [2.05, 4.69) is 18.7 Å². The average Bonchev–Trinajstić information content (AvgIpc) is 3.63. The molecule has 2 N–H and O–H groups in total. The van der Waals surface area contributed by atoms with Crippen molar-refractivity contribution in [3.63, 3.8) is 0 Å². The summed E-state index contributed by atoms with van der Waals surface area (Å²) in [7, 11) is 0. The number of hydrogen-bond donors (Lipinski definition) is 2. The van der Waals surface area contributed by atoms with Crippen LogP contribution in [0.15, 0.2) is 18.2 Å². The highest BCUT2D eigenvalue weighted by Crippen LogP contribution is 2.66. The van der Waals surface area contributed by atoms with Crippen LogP contribution in [0.25, 0.3) is 0 Å². The molecule has 49 heavy (non-hydrogen) atoms. The Balaban J connectivity index is 0.996. The third-order valence-corrected chi connectivity index (χ3v) is 14.4. The summed E-state index contributed by atoms with van der Waals surface area (Å²) < 4.78 is 80.8. The monoisotopic (exact) mass is 699 g/mol. The van der Waals surface area contributed by atoms with Crippen LogP contribution in [0, 0.1) is 34.5 Å². The van der Waals surface area contributed by atoms with Gasteiger partial charge in [0.2, 0.25) is 5.91 Å². The number of benzene rings is 1. The standard InChI is InChI=1S/C37H51F6N3O3/c1-34-10-9-28-26(27(34)7-8-32(34)48)6-5-23-19-31(47)30(20-35(23,28)2)44-12-14-45(15-13-44)33(49)29-4-3-11-46(29)21-22-16-24(36(38,39)40)18-25(17-22)37(41,42)43/h16-18,23,26-32,47-48H,3-15,19-21H2,1-2H3/t23-,26?,27?,28?,29-,30-,31-,32-,34-,35-/m0/s1. The highest BCUT2D eigenvalue weighted by molar-refractivity contribution is 5.82. The van der Waals surface area contributed by atoms with Crippen molar-refractivity contribution >= 4 is 5.91 Å². The smallest absolute Gasteiger partial charge is 0.393 e. The molecule has 0 spiro atoms. The second-order valence-electron chi connectivity index (χ2n) is 16.8. The predicted octanol–water partition coefficient (Wildman–Crippen LogP) is 6.58. The molecule has 1 aromatic carbocycles. The Kier molecular flexibility index (Phi) is 9.17. The van der Waals surface area contributed by atoms with Gasteiger partial charge >= 0.3 is 12.4 Å². The lowest BCUT2D eigenvalue weighted by Crippen LogP contribution is -2.62. The number of piperazine rings is 1. The molecule has 2 heterocycles. The first-order chi connectivity index (χ1) is 23.0.